The van der Waals surface area contributed by atoms with Gasteiger partial charge in [-0.05, 0) is 52.8 Å². The van der Waals surface area contributed by atoms with Crippen LogP contribution < -0.4 is 0 Å². The third-order valence-electron chi connectivity index (χ3n) is 3.48. The molecule has 0 unspecified atom stereocenters. The molecule has 1 aromatic heterocycles. The van der Waals surface area contributed by atoms with Crippen molar-refractivity contribution in [3.8, 4) is 0 Å². The number of piperidine rings is 1. The first-order chi connectivity index (χ1) is 7.66. The normalized spacial score (nSPS) is 19.2. The number of nitrogens with zero attached hydrogens (tertiary/aromatic N) is 3. The first kappa shape index (κ1) is 11.5. The average Bonchev–Trinajstić information content (AvgIpc) is 2.29. The Kier molecular flexibility index (Phi) is 3.54. The van der Waals surface area contributed by atoms with E-state index in [2.05, 4.69) is 34.8 Å². The van der Waals surface area contributed by atoms with Crippen LogP contribution >= 0.6 is 0 Å². The molecule has 1 aliphatic heterocycles. The summed E-state index contributed by atoms with van der Waals surface area (Å²) in [5.41, 5.74) is 1.23. The van der Waals surface area contributed by atoms with E-state index >= 15 is 0 Å². The highest BCUT2D eigenvalue weighted by atomic mass is 15.1. The van der Waals surface area contributed by atoms with E-state index in [4.69, 9.17) is 0 Å². The minimum absolute atomic E-state index is 0.636. The molecule has 1 aromatic rings. The molecule has 0 atom stereocenters. The van der Waals surface area contributed by atoms with Crippen molar-refractivity contribution in [2.75, 3.05) is 13.1 Å². The van der Waals surface area contributed by atoms with Crippen LogP contribution in [0.2, 0.25) is 0 Å². The number of aryl methyl sites for hydroxylation is 1. The largest absolute Gasteiger partial charge is 0.301 e. The Balaban J connectivity index is 1.99. The van der Waals surface area contributed by atoms with Crippen molar-refractivity contribution in [1.29, 1.82) is 0 Å². The zero-order chi connectivity index (χ0) is 11.5. The highest BCUT2D eigenvalue weighted by Gasteiger charge is 2.22. The first-order valence-electron chi connectivity index (χ1n) is 6.20. The SMILES string of the molecule is Cc1nccc(C2CCN(C(C)C)CC2)n1. The molecule has 3 heteroatoms. The molecule has 1 aliphatic rings. The Labute approximate surface area is 97.9 Å². The molecule has 16 heavy (non-hydrogen) atoms. The van der Waals surface area contributed by atoms with Crippen molar-refractivity contribution in [3.63, 3.8) is 0 Å². The number of hydrogen-bond acceptors (Lipinski definition) is 3. The van der Waals surface area contributed by atoms with Gasteiger partial charge >= 0.3 is 0 Å². The average molecular weight is 219 g/mol. The van der Waals surface area contributed by atoms with E-state index in [1.165, 1.54) is 31.6 Å². The zero-order valence-electron chi connectivity index (χ0n) is 10.5. The fourth-order valence-corrected chi connectivity index (χ4v) is 2.41. The second kappa shape index (κ2) is 4.91. The lowest BCUT2D eigenvalue weighted by Crippen LogP contribution is -2.38. The molecule has 0 saturated carbocycles. The van der Waals surface area contributed by atoms with Crippen LogP contribution in [0.15, 0.2) is 12.3 Å². The molecular weight excluding hydrogens is 198 g/mol. The van der Waals surface area contributed by atoms with E-state index < -0.39 is 0 Å². The van der Waals surface area contributed by atoms with Crippen molar-refractivity contribution >= 4 is 0 Å². The van der Waals surface area contributed by atoms with Crippen LogP contribution in [0, 0.1) is 6.92 Å². The third-order valence-corrected chi connectivity index (χ3v) is 3.48. The quantitative estimate of drug-likeness (QED) is 0.764. The van der Waals surface area contributed by atoms with Gasteiger partial charge in [0.15, 0.2) is 0 Å². The summed E-state index contributed by atoms with van der Waals surface area (Å²) in [6.07, 6.45) is 4.34. The molecule has 3 nitrogen and oxygen atoms in total. The maximum absolute atomic E-state index is 4.54. The van der Waals surface area contributed by atoms with E-state index in [1.54, 1.807) is 0 Å². The summed E-state index contributed by atoms with van der Waals surface area (Å²) in [5, 5.41) is 0. The van der Waals surface area contributed by atoms with Crippen LogP contribution in [0.3, 0.4) is 0 Å². The molecule has 0 aromatic carbocycles. The molecule has 2 heterocycles. The molecule has 2 rings (SSSR count). The highest BCUT2D eigenvalue weighted by Crippen LogP contribution is 2.27. The minimum atomic E-state index is 0.636. The van der Waals surface area contributed by atoms with Gasteiger partial charge in [0.1, 0.15) is 5.82 Å². The van der Waals surface area contributed by atoms with Crippen molar-refractivity contribution in [3.05, 3.63) is 23.8 Å². The van der Waals surface area contributed by atoms with Gasteiger partial charge in [-0.25, -0.2) is 9.97 Å². The molecule has 0 radical (unpaired) electrons. The summed E-state index contributed by atoms with van der Waals surface area (Å²) < 4.78 is 0. The van der Waals surface area contributed by atoms with Crippen LogP contribution in [-0.4, -0.2) is 34.0 Å². The fraction of sp³-hybridized carbons (Fsp3) is 0.692. The fourth-order valence-electron chi connectivity index (χ4n) is 2.41. The van der Waals surface area contributed by atoms with Crippen molar-refractivity contribution in [2.24, 2.45) is 0 Å². The Morgan fingerprint density at radius 2 is 2.00 bits per heavy atom. The van der Waals surface area contributed by atoms with Gasteiger partial charge in [0.25, 0.3) is 0 Å². The first-order valence-corrected chi connectivity index (χ1v) is 6.20. The maximum Gasteiger partial charge on any atom is 0.125 e. The Bertz CT molecular complexity index is 341. The van der Waals surface area contributed by atoms with Crippen molar-refractivity contribution in [1.82, 2.24) is 14.9 Å². The van der Waals surface area contributed by atoms with E-state index in [0.29, 0.717) is 12.0 Å². The molecule has 88 valence electrons. The summed E-state index contributed by atoms with van der Waals surface area (Å²) >= 11 is 0. The Morgan fingerprint density at radius 3 is 2.56 bits per heavy atom. The van der Waals surface area contributed by atoms with Crippen molar-refractivity contribution < 1.29 is 0 Å². The van der Waals surface area contributed by atoms with E-state index in [9.17, 15) is 0 Å². The van der Waals surface area contributed by atoms with Crippen LogP contribution in [0.25, 0.3) is 0 Å². The van der Waals surface area contributed by atoms with Crippen LogP contribution in [0.1, 0.15) is 44.1 Å². The van der Waals surface area contributed by atoms with Gasteiger partial charge in [-0.1, -0.05) is 0 Å². The number of aromatic nitrogens is 2. The second-order valence-corrected chi connectivity index (χ2v) is 4.93. The van der Waals surface area contributed by atoms with Crippen LogP contribution in [-0.2, 0) is 0 Å². The molecule has 0 bridgehead atoms. The summed E-state index contributed by atoms with van der Waals surface area (Å²) in [6, 6.07) is 2.75. The van der Waals surface area contributed by atoms with Gasteiger partial charge in [0.05, 0.1) is 0 Å². The molecule has 1 fully saturated rings. The van der Waals surface area contributed by atoms with Gasteiger partial charge in [-0.3, -0.25) is 0 Å². The summed E-state index contributed by atoms with van der Waals surface area (Å²) in [4.78, 5) is 11.2. The maximum atomic E-state index is 4.54. The molecule has 1 saturated heterocycles. The van der Waals surface area contributed by atoms with Gasteiger partial charge in [-0.2, -0.15) is 0 Å². The zero-order valence-corrected chi connectivity index (χ0v) is 10.5. The van der Waals surface area contributed by atoms with Gasteiger partial charge in [0, 0.05) is 23.9 Å². The summed E-state index contributed by atoms with van der Waals surface area (Å²) in [5.74, 6) is 1.53. The lowest BCUT2D eigenvalue weighted by atomic mass is 9.92. The lowest BCUT2D eigenvalue weighted by Gasteiger charge is -2.34. The van der Waals surface area contributed by atoms with Crippen LogP contribution in [0.4, 0.5) is 0 Å². The standard InChI is InChI=1S/C13H21N3/c1-10(2)16-8-5-12(6-9-16)13-4-7-14-11(3)15-13/h4,7,10,12H,5-6,8-9H2,1-3H3. The Morgan fingerprint density at radius 1 is 1.31 bits per heavy atom. The molecule has 0 spiro atoms. The topological polar surface area (TPSA) is 29.0 Å². The predicted molar refractivity (Wildman–Crippen MR) is 65.5 cm³/mol. The summed E-state index contributed by atoms with van der Waals surface area (Å²) in [7, 11) is 0. The van der Waals surface area contributed by atoms with Crippen LogP contribution in [0.5, 0.6) is 0 Å². The van der Waals surface area contributed by atoms with E-state index in [-0.39, 0.29) is 0 Å². The summed E-state index contributed by atoms with van der Waals surface area (Å²) in [6.45, 7) is 8.91. The number of likely N-dealkylation sites (tertiary alicyclic amines) is 1. The molecule has 0 N–H and O–H groups in total. The van der Waals surface area contributed by atoms with Crippen molar-refractivity contribution in [2.45, 2.75) is 45.6 Å². The third kappa shape index (κ3) is 2.59. The second-order valence-electron chi connectivity index (χ2n) is 4.93. The number of hydrogen-bond donors (Lipinski definition) is 0. The van der Waals surface area contributed by atoms with E-state index in [0.717, 1.165) is 5.82 Å². The highest BCUT2D eigenvalue weighted by molar-refractivity contribution is 5.09. The van der Waals surface area contributed by atoms with E-state index in [1.807, 2.05) is 13.1 Å². The number of rotatable bonds is 2. The monoisotopic (exact) mass is 219 g/mol. The van der Waals surface area contributed by atoms with Gasteiger partial charge in [-0.15, -0.1) is 0 Å². The molecule has 0 amide bonds. The minimum Gasteiger partial charge on any atom is -0.301 e. The molecule has 0 aliphatic carbocycles. The smallest absolute Gasteiger partial charge is 0.125 e. The predicted octanol–water partition coefficient (Wildman–Crippen LogP) is 2.37. The molecular formula is C13H21N3. The van der Waals surface area contributed by atoms with Gasteiger partial charge in [0.2, 0.25) is 0 Å². The van der Waals surface area contributed by atoms with Gasteiger partial charge < -0.3 is 4.90 Å². The lowest BCUT2D eigenvalue weighted by molar-refractivity contribution is 0.170. The Hall–Kier alpha value is -0.960.